The molecule has 0 heterocycles. The molecule has 6 heteroatoms. The van der Waals surface area contributed by atoms with E-state index < -0.39 is 26.5 Å². The van der Waals surface area contributed by atoms with Gasteiger partial charge in [0.05, 0.1) is 0 Å². The summed E-state index contributed by atoms with van der Waals surface area (Å²) in [7, 11) is 0. The molecule has 0 amide bonds. The summed E-state index contributed by atoms with van der Waals surface area (Å²) in [4.78, 5) is 0. The summed E-state index contributed by atoms with van der Waals surface area (Å²) < 4.78 is 26.6. The van der Waals surface area contributed by atoms with Crippen LogP contribution in [0.4, 0.5) is 0 Å². The van der Waals surface area contributed by atoms with Gasteiger partial charge in [-0.1, -0.05) is 0 Å². The van der Waals surface area contributed by atoms with Gasteiger partial charge in [0.15, 0.2) is 0 Å². The van der Waals surface area contributed by atoms with Gasteiger partial charge in [-0.2, -0.15) is 0 Å². The molecule has 0 saturated carbocycles. The van der Waals surface area contributed by atoms with Crippen molar-refractivity contribution in [3.05, 3.63) is 0 Å². The van der Waals surface area contributed by atoms with Crippen LogP contribution in [0.15, 0.2) is 0 Å². The topological polar surface area (TPSA) is 51.2 Å². The third-order valence-electron chi connectivity index (χ3n) is 0.0393. The zero-order valence-electron chi connectivity index (χ0n) is 2.92. The van der Waals surface area contributed by atoms with Gasteiger partial charge in [-0.15, -0.1) is 0 Å². The minimum atomic E-state index is -0.961. The summed E-state index contributed by atoms with van der Waals surface area (Å²) >= 11 is -1.64. The van der Waals surface area contributed by atoms with E-state index in [0.29, 0.717) is 0 Å². The molecule has 0 radical (unpaired) electrons. The fourth-order valence-corrected chi connectivity index (χ4v) is 0. The zero-order valence-corrected chi connectivity index (χ0v) is 8.31. The average Bonchev–Trinajstić information content (AvgIpc) is 1.72. The van der Waals surface area contributed by atoms with E-state index in [1.807, 2.05) is 0 Å². The van der Waals surface area contributed by atoms with Crippen LogP contribution < -0.4 is 0 Å². The van der Waals surface area contributed by atoms with Crippen molar-refractivity contribution in [3.63, 3.8) is 0 Å². The molecule has 0 bridgehead atoms. The molecule has 0 atom stereocenters. The van der Waals surface area contributed by atoms with Gasteiger partial charge in [-0.3, -0.25) is 0 Å². The second-order valence-corrected chi connectivity index (χ2v) is 2.38. The fourth-order valence-electron chi connectivity index (χ4n) is 0. The van der Waals surface area contributed by atoms with Crippen LogP contribution in [-0.4, -0.2) is 13.3 Å². The quantitative estimate of drug-likeness (QED) is 0.514. The van der Waals surface area contributed by atoms with Crippen LogP contribution in [0.1, 0.15) is 0 Å². The summed E-state index contributed by atoms with van der Waals surface area (Å²) in [5.74, 6) is 0. The van der Waals surface area contributed by atoms with E-state index >= 15 is 0 Å². The Kier molecular flexibility index (Phi) is 28.0. The first-order chi connectivity index (χ1) is 2.91. The predicted molar refractivity (Wildman–Crippen MR) is 7.81 cm³/mol. The second kappa shape index (κ2) is 16.5. The van der Waals surface area contributed by atoms with Crippen molar-refractivity contribution in [2.24, 2.45) is 0 Å². The Morgan fingerprint density at radius 3 is 1.67 bits per heavy atom. The molecule has 3 nitrogen and oxygen atoms in total. The van der Waals surface area contributed by atoms with Crippen molar-refractivity contribution in [2.75, 3.05) is 0 Å². The van der Waals surface area contributed by atoms with Crippen molar-refractivity contribution in [1.29, 1.82) is 0 Å². The van der Waals surface area contributed by atoms with Gasteiger partial charge in [0.2, 0.25) is 0 Å². The van der Waals surface area contributed by atoms with Crippen LogP contribution in [0.5, 0.6) is 0 Å². The molecule has 0 spiro atoms. The molecule has 0 N–H and O–H groups in total. The molecule has 0 unspecified atom stereocenters. The predicted octanol–water partition coefficient (Wildman–Crippen LogP) is -0.742. The van der Waals surface area contributed by atoms with E-state index in [0.717, 1.165) is 0 Å². The maximum absolute atomic E-state index is 9.10. The Labute approximate surface area is 55.7 Å². The van der Waals surface area contributed by atoms with Gasteiger partial charge in [0.25, 0.3) is 0 Å². The summed E-state index contributed by atoms with van der Waals surface area (Å²) in [5.41, 5.74) is 0. The number of rotatable bonds is 1. The normalized spacial score (nSPS) is 3.67. The van der Waals surface area contributed by atoms with Crippen molar-refractivity contribution >= 4 is 13.3 Å². The Balaban J connectivity index is 0. The van der Waals surface area contributed by atoms with Gasteiger partial charge >= 0.3 is 55.9 Å². The van der Waals surface area contributed by atoms with Crippen LogP contribution in [-0.2, 0) is 42.7 Å². The Morgan fingerprint density at radius 2 is 1.67 bits per heavy atom. The van der Waals surface area contributed by atoms with Crippen LogP contribution in [0, 0.1) is 0 Å². The average molecular weight is 192 g/mol. The van der Waals surface area contributed by atoms with Crippen LogP contribution in [0.2, 0.25) is 0 Å². The summed E-state index contributed by atoms with van der Waals surface area (Å²) in [6.45, 7) is 0. The van der Waals surface area contributed by atoms with Crippen LogP contribution >= 0.6 is 0 Å². The van der Waals surface area contributed by atoms with E-state index in [4.69, 9.17) is 11.2 Å². The first kappa shape index (κ1) is 10.1. The molecular weight excluding hydrogens is 192 g/mol. The molecular formula is AlCrO3Zn. The van der Waals surface area contributed by atoms with E-state index in [1.54, 1.807) is 0 Å². The van der Waals surface area contributed by atoms with Crippen molar-refractivity contribution in [1.82, 2.24) is 0 Å². The molecule has 0 saturated heterocycles. The molecule has 0 aliphatic rings. The van der Waals surface area contributed by atoms with Gasteiger partial charge in [-0.25, -0.2) is 0 Å². The Morgan fingerprint density at radius 1 is 1.50 bits per heavy atom. The van der Waals surface area contributed by atoms with Crippen LogP contribution in [0.3, 0.4) is 0 Å². The molecule has 0 rings (SSSR count). The van der Waals surface area contributed by atoms with Crippen molar-refractivity contribution in [3.8, 4) is 0 Å². The molecule has 29 valence electrons. The van der Waals surface area contributed by atoms with Crippen LogP contribution in [0.25, 0.3) is 0 Å². The first-order valence-electron chi connectivity index (χ1n) is 0.927. The van der Waals surface area contributed by atoms with Crippen molar-refractivity contribution < 1.29 is 42.7 Å². The number of hydrogen-bond donors (Lipinski definition) is 0. The van der Waals surface area contributed by atoms with Gasteiger partial charge in [0, 0.05) is 0 Å². The fraction of sp³-hybridized carbons (Fsp3) is 0. The maximum atomic E-state index is 9.10. The zero-order chi connectivity index (χ0) is 5.41. The minimum absolute atomic E-state index is 0.125. The van der Waals surface area contributed by atoms with E-state index in [2.05, 4.69) is 0 Å². The standard InChI is InChI=1S/Al.Cr.3O.Zn. The van der Waals surface area contributed by atoms with Crippen molar-refractivity contribution in [2.45, 2.75) is 0 Å². The second-order valence-electron chi connectivity index (χ2n) is 0.192. The Bertz CT molecular complexity index is 40.1. The van der Waals surface area contributed by atoms with Gasteiger partial charge in [-0.05, 0) is 0 Å². The molecule has 0 aliphatic carbocycles. The first-order valence-corrected chi connectivity index (χ1v) is 5.81. The van der Waals surface area contributed by atoms with Gasteiger partial charge < -0.3 is 0 Å². The molecule has 0 fully saturated rings. The van der Waals surface area contributed by atoms with E-state index in [1.165, 1.54) is 0 Å². The molecule has 0 aliphatic heterocycles. The van der Waals surface area contributed by atoms with E-state index in [9.17, 15) is 0 Å². The summed E-state index contributed by atoms with van der Waals surface area (Å²) in [5, 5.41) is 0. The Hall–Kier alpha value is 1.09. The summed E-state index contributed by atoms with van der Waals surface area (Å²) in [6.07, 6.45) is 0. The molecule has 0 aromatic heterocycles. The molecule has 0 aromatic carbocycles. The third kappa shape index (κ3) is 19.5. The SMILES string of the molecule is [O]=[Al][Cr]=[O].[O]=[Zn]. The number of hydrogen-bond acceptors (Lipinski definition) is 3. The van der Waals surface area contributed by atoms with Gasteiger partial charge in [0.1, 0.15) is 0 Å². The molecule has 6 heavy (non-hydrogen) atoms. The monoisotopic (exact) mass is 191 g/mol. The summed E-state index contributed by atoms with van der Waals surface area (Å²) in [6, 6.07) is 0. The third-order valence-corrected chi connectivity index (χ3v) is 0.486. The van der Waals surface area contributed by atoms with E-state index in [-0.39, 0.29) is 18.3 Å². The molecule has 0 aromatic rings.